The van der Waals surface area contributed by atoms with Crippen LogP contribution in [0.1, 0.15) is 68.1 Å². The number of ether oxygens (including phenoxy) is 2. The maximum absolute atomic E-state index is 13.0. The Bertz CT molecular complexity index is 1090. The minimum atomic E-state index is -1.54. The summed E-state index contributed by atoms with van der Waals surface area (Å²) in [6.07, 6.45) is 0.218. The summed E-state index contributed by atoms with van der Waals surface area (Å²) >= 11 is 13.8. The summed E-state index contributed by atoms with van der Waals surface area (Å²) in [5.74, 6) is -0.939. The van der Waals surface area contributed by atoms with Crippen LogP contribution in [0, 0.1) is 6.92 Å². The third kappa shape index (κ3) is 5.56. The molecular formula is C26H30Cl2O5S. The average molecular weight is 525 g/mol. The molecule has 1 heterocycles. The van der Waals surface area contributed by atoms with Crippen LogP contribution in [-0.4, -0.2) is 34.5 Å². The lowest BCUT2D eigenvalue weighted by atomic mass is 9.79. The molecule has 2 aromatic rings. The fourth-order valence-electron chi connectivity index (χ4n) is 4.25. The molecule has 3 rings (SSSR count). The summed E-state index contributed by atoms with van der Waals surface area (Å²) in [5.41, 5.74) is 0.217. The van der Waals surface area contributed by atoms with E-state index in [0.717, 1.165) is 5.56 Å². The topological polar surface area (TPSA) is 72.8 Å². The maximum atomic E-state index is 13.0. The first-order valence-electron chi connectivity index (χ1n) is 11.1. The van der Waals surface area contributed by atoms with Gasteiger partial charge in [-0.1, -0.05) is 35.3 Å². The Morgan fingerprint density at radius 2 is 1.74 bits per heavy atom. The van der Waals surface area contributed by atoms with Gasteiger partial charge >= 0.3 is 11.9 Å². The largest absolute Gasteiger partial charge is 0.465 e. The van der Waals surface area contributed by atoms with Gasteiger partial charge in [-0.15, -0.1) is 11.8 Å². The van der Waals surface area contributed by atoms with Gasteiger partial charge in [0.05, 0.1) is 12.2 Å². The number of esters is 2. The van der Waals surface area contributed by atoms with Gasteiger partial charge < -0.3 is 14.6 Å². The van der Waals surface area contributed by atoms with Crippen molar-refractivity contribution >= 4 is 46.9 Å². The van der Waals surface area contributed by atoms with Gasteiger partial charge in [-0.2, -0.15) is 0 Å². The molecule has 0 aliphatic carbocycles. The first-order valence-corrected chi connectivity index (χ1v) is 12.7. The summed E-state index contributed by atoms with van der Waals surface area (Å²) in [6, 6.07) is 10.3. The molecule has 0 bridgehead atoms. The number of carbonyl (C=O) groups is 2. The van der Waals surface area contributed by atoms with E-state index >= 15 is 0 Å². The number of carbonyl (C=O) groups excluding carboxylic acids is 2. The molecule has 1 aliphatic rings. The van der Waals surface area contributed by atoms with E-state index in [2.05, 4.69) is 0 Å². The van der Waals surface area contributed by atoms with Gasteiger partial charge in [0.2, 0.25) is 0 Å². The van der Waals surface area contributed by atoms with E-state index in [0.29, 0.717) is 26.7 Å². The van der Waals surface area contributed by atoms with Crippen molar-refractivity contribution < 1.29 is 24.2 Å². The zero-order valence-corrected chi connectivity index (χ0v) is 22.5. The second-order valence-corrected chi connectivity index (χ2v) is 12.3. The lowest BCUT2D eigenvalue weighted by Gasteiger charge is -2.30. The van der Waals surface area contributed by atoms with Crippen molar-refractivity contribution in [1.82, 2.24) is 0 Å². The highest BCUT2D eigenvalue weighted by Crippen LogP contribution is 2.59. The third-order valence-corrected chi connectivity index (χ3v) is 7.89. The molecule has 1 saturated heterocycles. The van der Waals surface area contributed by atoms with Crippen LogP contribution in [0.5, 0.6) is 0 Å². The van der Waals surface area contributed by atoms with E-state index in [4.69, 9.17) is 32.7 Å². The number of thioether (sulfide) groups is 1. The van der Waals surface area contributed by atoms with Crippen molar-refractivity contribution in [3.8, 4) is 0 Å². The Labute approximate surface area is 215 Å². The van der Waals surface area contributed by atoms with Gasteiger partial charge in [-0.25, -0.2) is 4.79 Å². The molecule has 8 heteroatoms. The third-order valence-electron chi connectivity index (χ3n) is 5.74. The molecule has 0 spiro atoms. The number of benzene rings is 2. The van der Waals surface area contributed by atoms with Crippen LogP contribution in [0.3, 0.4) is 0 Å². The minimum absolute atomic E-state index is 0.197. The fraction of sp³-hybridized carbons (Fsp3) is 0.462. The zero-order chi connectivity index (χ0) is 25.5. The first kappa shape index (κ1) is 26.9. The highest BCUT2D eigenvalue weighted by Gasteiger charge is 2.58. The van der Waals surface area contributed by atoms with Gasteiger partial charge in [0.1, 0.15) is 16.5 Å². The normalized spacial score (nSPS) is 24.7. The monoisotopic (exact) mass is 524 g/mol. The lowest BCUT2D eigenvalue weighted by Crippen LogP contribution is -2.40. The van der Waals surface area contributed by atoms with Gasteiger partial charge in [0, 0.05) is 21.2 Å². The minimum Gasteiger partial charge on any atom is -0.465 e. The predicted molar refractivity (Wildman–Crippen MR) is 137 cm³/mol. The van der Waals surface area contributed by atoms with Crippen LogP contribution in [0.4, 0.5) is 0 Å². The van der Waals surface area contributed by atoms with Crippen LogP contribution in [0.15, 0.2) is 36.4 Å². The van der Waals surface area contributed by atoms with Crippen molar-refractivity contribution in [2.45, 2.75) is 69.2 Å². The molecule has 184 valence electrons. The summed E-state index contributed by atoms with van der Waals surface area (Å²) < 4.78 is 10.1. The standard InChI is InChI=1S/C26H30Cl2O5S/c1-7-32-23(30)21-26(31,14-25(6,34-21)17-11-18(27)13-19(28)12-17)16-8-9-20(15(2)10-16)22(29)33-24(3,4)5/h8-13,21,31H,7,14H2,1-6H3. The second-order valence-electron chi connectivity index (χ2n) is 9.77. The van der Waals surface area contributed by atoms with E-state index in [9.17, 15) is 14.7 Å². The Hall–Kier alpha value is -1.73. The molecule has 3 unspecified atom stereocenters. The number of hydrogen-bond acceptors (Lipinski definition) is 6. The van der Waals surface area contributed by atoms with Gasteiger partial charge in [0.15, 0.2) is 0 Å². The van der Waals surface area contributed by atoms with Crippen LogP contribution in [-0.2, 0) is 24.6 Å². The van der Waals surface area contributed by atoms with Gasteiger partial charge in [-0.05, 0) is 82.5 Å². The fourth-order valence-corrected chi connectivity index (χ4v) is 6.43. The highest BCUT2D eigenvalue weighted by molar-refractivity contribution is 8.01. The Morgan fingerprint density at radius 1 is 1.12 bits per heavy atom. The highest BCUT2D eigenvalue weighted by atomic mass is 35.5. The number of halogens is 2. The molecule has 0 radical (unpaired) electrons. The van der Waals surface area contributed by atoms with Gasteiger partial charge in [-0.3, -0.25) is 4.79 Å². The number of hydrogen-bond donors (Lipinski definition) is 1. The molecule has 3 atom stereocenters. The Kier molecular flexibility index (Phi) is 7.69. The maximum Gasteiger partial charge on any atom is 0.338 e. The number of rotatable bonds is 5. The molecule has 5 nitrogen and oxygen atoms in total. The van der Waals surface area contributed by atoms with E-state index in [-0.39, 0.29) is 13.0 Å². The second kappa shape index (κ2) is 9.73. The van der Waals surface area contributed by atoms with E-state index in [1.54, 1.807) is 71.0 Å². The van der Waals surface area contributed by atoms with Crippen LogP contribution in [0.2, 0.25) is 10.0 Å². The van der Waals surface area contributed by atoms with E-state index in [1.165, 1.54) is 11.8 Å². The smallest absolute Gasteiger partial charge is 0.338 e. The SMILES string of the molecule is CCOC(=O)C1SC(C)(c2cc(Cl)cc(Cl)c2)CC1(O)c1ccc(C(=O)OC(C)(C)C)c(C)c1. The summed E-state index contributed by atoms with van der Waals surface area (Å²) in [5, 5.41) is 12.1. The quantitative estimate of drug-likeness (QED) is 0.454. The lowest BCUT2D eigenvalue weighted by molar-refractivity contribution is -0.147. The van der Waals surface area contributed by atoms with Crippen LogP contribution in [0.25, 0.3) is 0 Å². The van der Waals surface area contributed by atoms with Crippen molar-refractivity contribution in [3.05, 3.63) is 68.7 Å². The number of aryl methyl sites for hydroxylation is 1. The van der Waals surface area contributed by atoms with Crippen molar-refractivity contribution in [1.29, 1.82) is 0 Å². The van der Waals surface area contributed by atoms with Crippen molar-refractivity contribution in [2.24, 2.45) is 0 Å². The molecule has 0 aromatic heterocycles. The van der Waals surface area contributed by atoms with Crippen LogP contribution < -0.4 is 0 Å². The molecule has 34 heavy (non-hydrogen) atoms. The molecule has 2 aromatic carbocycles. The van der Waals surface area contributed by atoms with Crippen molar-refractivity contribution in [2.75, 3.05) is 6.61 Å². The number of aliphatic hydroxyl groups is 1. The molecule has 0 amide bonds. The molecule has 0 saturated carbocycles. The Morgan fingerprint density at radius 3 is 2.26 bits per heavy atom. The molecular weight excluding hydrogens is 495 g/mol. The first-order chi connectivity index (χ1) is 15.7. The van der Waals surface area contributed by atoms with Crippen molar-refractivity contribution in [3.63, 3.8) is 0 Å². The summed E-state index contributed by atoms with van der Waals surface area (Å²) in [7, 11) is 0. The molecule has 1 fully saturated rings. The summed E-state index contributed by atoms with van der Waals surface area (Å²) in [4.78, 5) is 25.6. The zero-order valence-electron chi connectivity index (χ0n) is 20.2. The van der Waals surface area contributed by atoms with E-state index < -0.39 is 33.1 Å². The predicted octanol–water partition coefficient (Wildman–Crippen LogP) is 6.43. The van der Waals surface area contributed by atoms with Gasteiger partial charge in [0.25, 0.3) is 0 Å². The average Bonchev–Trinajstić information content (AvgIpc) is 2.99. The summed E-state index contributed by atoms with van der Waals surface area (Å²) in [6.45, 7) is 11.1. The molecule has 1 aliphatic heterocycles. The Balaban J connectivity index is 2.05. The van der Waals surface area contributed by atoms with E-state index in [1.807, 2.05) is 6.92 Å². The molecule has 1 N–H and O–H groups in total. The van der Waals surface area contributed by atoms with Crippen LogP contribution >= 0.6 is 35.0 Å².